The summed E-state index contributed by atoms with van der Waals surface area (Å²) in [5.41, 5.74) is 8.54. The highest BCUT2D eigenvalue weighted by Crippen LogP contribution is 2.22. The van der Waals surface area contributed by atoms with Gasteiger partial charge in [0.05, 0.1) is 16.3 Å². The van der Waals surface area contributed by atoms with Gasteiger partial charge >= 0.3 is 0 Å². The molecule has 0 atom stereocenters. The Morgan fingerprint density at radius 3 is 2.32 bits per heavy atom. The minimum Gasteiger partial charge on any atom is -0.401 e. The van der Waals surface area contributed by atoms with E-state index >= 15 is 0 Å². The van der Waals surface area contributed by atoms with Gasteiger partial charge in [-0.3, -0.25) is 9.30 Å². The molecule has 1 aliphatic rings. The van der Waals surface area contributed by atoms with Gasteiger partial charge in [-0.2, -0.15) is 0 Å². The van der Waals surface area contributed by atoms with E-state index in [0.29, 0.717) is 17.1 Å². The lowest BCUT2D eigenvalue weighted by molar-refractivity contribution is 0.347. The number of aliphatic imine (C=N–C) groups is 1. The molecule has 1 aliphatic heterocycles. The number of nitrogens with zero attached hydrogens (tertiary/aromatic N) is 2. The Balaban J connectivity index is 2.78. The highest BCUT2D eigenvalue weighted by Gasteiger charge is 2.24. The molecule has 7 heteroatoms. The van der Waals surface area contributed by atoms with Crippen molar-refractivity contribution in [2.24, 2.45) is 16.6 Å². The summed E-state index contributed by atoms with van der Waals surface area (Å²) >= 11 is 0. The average Bonchev–Trinajstić information content (AvgIpc) is 2.66. The molecular formula is C21H38N4O2S. The quantitative estimate of drug-likeness (QED) is 0.449. The van der Waals surface area contributed by atoms with E-state index in [1.807, 2.05) is 6.08 Å². The van der Waals surface area contributed by atoms with Crippen LogP contribution in [0.25, 0.3) is 0 Å². The maximum atomic E-state index is 12.9. The van der Waals surface area contributed by atoms with Crippen LogP contribution in [0, 0.1) is 5.92 Å². The van der Waals surface area contributed by atoms with Crippen LogP contribution in [0.5, 0.6) is 0 Å². The lowest BCUT2D eigenvalue weighted by Crippen LogP contribution is -2.32. The fourth-order valence-electron chi connectivity index (χ4n) is 3.47. The largest absolute Gasteiger partial charge is 0.401 e. The number of piperidine rings is 1. The summed E-state index contributed by atoms with van der Waals surface area (Å²) in [5.74, 6) is 0.827. The molecular weight excluding hydrogens is 372 g/mol. The van der Waals surface area contributed by atoms with Gasteiger partial charge in [0, 0.05) is 19.8 Å². The summed E-state index contributed by atoms with van der Waals surface area (Å²) in [6.07, 6.45) is 9.54. The van der Waals surface area contributed by atoms with Gasteiger partial charge in [0.1, 0.15) is 0 Å². The second-order valence-corrected chi connectivity index (χ2v) is 9.83. The van der Waals surface area contributed by atoms with Crippen LogP contribution in [0.4, 0.5) is 0 Å². The number of rotatable bonds is 9. The van der Waals surface area contributed by atoms with Gasteiger partial charge in [0.2, 0.25) is 0 Å². The molecule has 0 unspecified atom stereocenters. The molecule has 0 aromatic heterocycles. The Morgan fingerprint density at radius 1 is 1.18 bits per heavy atom. The molecule has 1 rings (SSSR count). The monoisotopic (exact) mass is 410 g/mol. The molecule has 3 N–H and O–H groups in total. The summed E-state index contributed by atoms with van der Waals surface area (Å²) in [5, 5.41) is 3.40. The van der Waals surface area contributed by atoms with Crippen molar-refractivity contribution in [3.8, 4) is 0 Å². The third kappa shape index (κ3) is 7.09. The van der Waals surface area contributed by atoms with Gasteiger partial charge in [-0.1, -0.05) is 18.1 Å². The number of nitrogens with two attached hydrogens (primary N) is 1. The summed E-state index contributed by atoms with van der Waals surface area (Å²) in [6.45, 7) is 9.38. The highest BCUT2D eigenvalue weighted by molar-refractivity contribution is 7.93. The van der Waals surface area contributed by atoms with Crippen molar-refractivity contribution in [1.82, 2.24) is 9.62 Å². The third-order valence-electron chi connectivity index (χ3n) is 5.38. The Morgan fingerprint density at radius 2 is 1.79 bits per heavy atom. The van der Waals surface area contributed by atoms with Crippen molar-refractivity contribution in [2.75, 3.05) is 27.2 Å². The molecule has 0 aliphatic carbocycles. The first kappa shape index (κ1) is 24.4. The van der Waals surface area contributed by atoms with Crippen molar-refractivity contribution in [3.05, 3.63) is 34.0 Å². The van der Waals surface area contributed by atoms with Crippen molar-refractivity contribution >= 4 is 15.7 Å². The van der Waals surface area contributed by atoms with Gasteiger partial charge in [0.25, 0.3) is 10.0 Å². The van der Waals surface area contributed by atoms with E-state index in [9.17, 15) is 8.42 Å². The molecule has 0 aromatic rings. The first-order chi connectivity index (χ1) is 13.1. The average molecular weight is 411 g/mol. The Kier molecular flexibility index (Phi) is 9.96. The number of hydrogen-bond donors (Lipinski definition) is 2. The Labute approximate surface area is 171 Å². The zero-order valence-electron chi connectivity index (χ0n) is 18.4. The molecule has 0 saturated carbocycles. The van der Waals surface area contributed by atoms with E-state index in [0.717, 1.165) is 31.8 Å². The second kappa shape index (κ2) is 11.4. The molecule has 160 valence electrons. The molecule has 6 nitrogen and oxygen atoms in total. The zero-order valence-corrected chi connectivity index (χ0v) is 19.2. The van der Waals surface area contributed by atoms with Gasteiger partial charge in [-0.25, -0.2) is 8.42 Å². The minimum absolute atomic E-state index is 0.287. The predicted octanol–water partition coefficient (Wildman–Crippen LogP) is 3.55. The van der Waals surface area contributed by atoms with E-state index in [2.05, 4.69) is 17.2 Å². The fraction of sp³-hybridized carbons (Fsp3) is 0.667. The van der Waals surface area contributed by atoms with Gasteiger partial charge in [0.15, 0.2) is 0 Å². The van der Waals surface area contributed by atoms with Gasteiger partial charge in [-0.05, 0) is 78.5 Å². The van der Waals surface area contributed by atoms with Crippen LogP contribution >= 0.6 is 0 Å². The maximum absolute atomic E-state index is 12.9. The summed E-state index contributed by atoms with van der Waals surface area (Å²) in [7, 11) is -0.509. The van der Waals surface area contributed by atoms with E-state index in [-0.39, 0.29) is 4.91 Å². The lowest BCUT2D eigenvalue weighted by atomic mass is 9.92. The van der Waals surface area contributed by atoms with Crippen molar-refractivity contribution in [2.45, 2.75) is 59.8 Å². The third-order valence-corrected chi connectivity index (χ3v) is 7.23. The van der Waals surface area contributed by atoms with E-state index in [4.69, 9.17) is 5.73 Å². The number of allylic oxidation sites excluding steroid dienone is 6. The molecule has 0 bridgehead atoms. The van der Waals surface area contributed by atoms with E-state index in [1.54, 1.807) is 33.9 Å². The topological polar surface area (TPSA) is 87.8 Å². The molecule has 0 amide bonds. The Bertz CT molecular complexity index is 738. The number of nitrogens with one attached hydrogen (secondary N) is 1. The van der Waals surface area contributed by atoms with Crippen LogP contribution in [-0.4, -0.2) is 45.6 Å². The summed E-state index contributed by atoms with van der Waals surface area (Å²) in [4.78, 5) is 4.38. The van der Waals surface area contributed by atoms with E-state index < -0.39 is 10.0 Å². The minimum atomic E-state index is -3.65. The highest BCUT2D eigenvalue weighted by atomic mass is 32.2. The standard InChI is InChI=1S/C21H38N4O2S/c1-16(8-7-9-20-12-14-24-15-13-20)10-11-17(2)28(26,27)25(6)21(18(3)22)19(4)23-5/h10-11,20,24H,7-9,12-15,22H2,1-6H3/b16-10+,17-11+,21-18?,23-19?. The maximum Gasteiger partial charge on any atom is 0.260 e. The number of sulfonamides is 1. The predicted molar refractivity (Wildman–Crippen MR) is 120 cm³/mol. The van der Waals surface area contributed by atoms with Gasteiger partial charge < -0.3 is 11.1 Å². The van der Waals surface area contributed by atoms with Crippen LogP contribution in [0.1, 0.15) is 59.8 Å². The smallest absolute Gasteiger partial charge is 0.260 e. The van der Waals surface area contributed by atoms with Crippen LogP contribution in [0.3, 0.4) is 0 Å². The fourth-order valence-corrected chi connectivity index (χ4v) is 4.66. The first-order valence-electron chi connectivity index (χ1n) is 10.0. The first-order valence-corrected chi connectivity index (χ1v) is 11.5. The van der Waals surface area contributed by atoms with Crippen LogP contribution in [-0.2, 0) is 10.0 Å². The molecule has 28 heavy (non-hydrogen) atoms. The molecule has 0 aromatic carbocycles. The Hall–Kier alpha value is -1.60. The molecule has 1 fully saturated rings. The summed E-state index contributed by atoms with van der Waals surface area (Å²) < 4.78 is 27.0. The van der Waals surface area contributed by atoms with E-state index in [1.165, 1.54) is 36.2 Å². The number of hydrogen-bond acceptors (Lipinski definition) is 5. The van der Waals surface area contributed by atoms with Crippen molar-refractivity contribution in [1.29, 1.82) is 0 Å². The van der Waals surface area contributed by atoms with Crippen LogP contribution < -0.4 is 11.1 Å². The second-order valence-electron chi connectivity index (χ2n) is 7.69. The van der Waals surface area contributed by atoms with Crippen molar-refractivity contribution in [3.63, 3.8) is 0 Å². The molecule has 0 radical (unpaired) electrons. The summed E-state index contributed by atoms with van der Waals surface area (Å²) in [6, 6.07) is 0. The van der Waals surface area contributed by atoms with Crippen LogP contribution in [0.15, 0.2) is 39.0 Å². The molecule has 1 saturated heterocycles. The van der Waals surface area contributed by atoms with Crippen LogP contribution in [0.2, 0.25) is 0 Å². The molecule has 1 heterocycles. The van der Waals surface area contributed by atoms with Crippen molar-refractivity contribution < 1.29 is 8.42 Å². The lowest BCUT2D eigenvalue weighted by Gasteiger charge is -2.24. The molecule has 0 spiro atoms. The normalized spacial score (nSPS) is 18.9. The van der Waals surface area contributed by atoms with Gasteiger partial charge in [-0.15, -0.1) is 0 Å². The SMILES string of the molecule is CN=C(C)C(=C(C)N)N(C)S(=O)(=O)/C(C)=C/C=C(\C)CCCC1CCNCC1. The zero-order chi connectivity index (χ0) is 21.3.